The van der Waals surface area contributed by atoms with Gasteiger partial charge in [0.2, 0.25) is 0 Å². The van der Waals surface area contributed by atoms with E-state index in [1.54, 1.807) is 13.0 Å². The van der Waals surface area contributed by atoms with Gasteiger partial charge in [0.1, 0.15) is 0 Å². The quantitative estimate of drug-likeness (QED) is 0.410. The zero-order valence-corrected chi connectivity index (χ0v) is 13.0. The molecule has 0 saturated heterocycles. The number of esters is 1. The van der Waals surface area contributed by atoms with E-state index in [-0.39, 0.29) is 18.2 Å². The topological polar surface area (TPSA) is 55.4 Å². The summed E-state index contributed by atoms with van der Waals surface area (Å²) >= 11 is 1.40. The van der Waals surface area contributed by atoms with Crippen LogP contribution in [-0.2, 0) is 9.53 Å². The number of ketones is 1. The highest BCUT2D eigenvalue weighted by molar-refractivity contribution is 7.12. The van der Waals surface area contributed by atoms with Crippen LogP contribution < -0.4 is 5.32 Å². The Bertz CT molecular complexity index is 403. The molecule has 5 heteroatoms. The van der Waals surface area contributed by atoms with Crippen molar-refractivity contribution in [3.8, 4) is 0 Å². The number of carbonyl (C=O) groups excluding carboxylic acids is 2. The lowest BCUT2D eigenvalue weighted by molar-refractivity contribution is -0.143. The van der Waals surface area contributed by atoms with Gasteiger partial charge in [-0.2, -0.15) is 0 Å². The van der Waals surface area contributed by atoms with E-state index in [1.165, 1.54) is 11.3 Å². The molecule has 0 aromatic carbocycles. The number of unbranched alkanes of at least 4 members (excludes halogenated alkanes) is 2. The molecule has 0 aliphatic rings. The van der Waals surface area contributed by atoms with Gasteiger partial charge in [-0.1, -0.05) is 25.8 Å². The summed E-state index contributed by atoms with van der Waals surface area (Å²) < 4.78 is 4.94. The third-order valence-corrected chi connectivity index (χ3v) is 3.81. The van der Waals surface area contributed by atoms with E-state index in [2.05, 4.69) is 12.2 Å². The van der Waals surface area contributed by atoms with E-state index in [0.29, 0.717) is 11.5 Å². The van der Waals surface area contributed by atoms with Crippen molar-refractivity contribution in [2.24, 2.45) is 0 Å². The van der Waals surface area contributed by atoms with E-state index in [0.717, 1.165) is 25.8 Å². The van der Waals surface area contributed by atoms with E-state index in [9.17, 15) is 9.59 Å². The lowest BCUT2D eigenvalue weighted by atomic mass is 10.1. The van der Waals surface area contributed by atoms with Crippen molar-refractivity contribution in [2.45, 2.75) is 45.6 Å². The molecular weight excluding hydrogens is 274 g/mol. The van der Waals surface area contributed by atoms with Crippen LogP contribution in [0.1, 0.15) is 49.2 Å². The van der Waals surface area contributed by atoms with Crippen LogP contribution in [0.5, 0.6) is 0 Å². The zero-order valence-electron chi connectivity index (χ0n) is 12.2. The Labute approximate surface area is 124 Å². The second-order valence-corrected chi connectivity index (χ2v) is 5.51. The predicted octanol–water partition coefficient (Wildman–Crippen LogP) is 3.03. The minimum atomic E-state index is -0.482. The number of carbonyl (C=O) groups is 2. The molecule has 0 amide bonds. The first-order valence-electron chi connectivity index (χ1n) is 7.15. The van der Waals surface area contributed by atoms with Gasteiger partial charge in [-0.05, 0) is 31.3 Å². The molecule has 1 heterocycles. The number of hydrogen-bond acceptors (Lipinski definition) is 5. The van der Waals surface area contributed by atoms with Crippen LogP contribution in [0, 0.1) is 0 Å². The van der Waals surface area contributed by atoms with Crippen molar-refractivity contribution in [1.29, 1.82) is 0 Å². The number of hydrogen-bond donors (Lipinski definition) is 1. The summed E-state index contributed by atoms with van der Waals surface area (Å²) in [5, 5.41) is 5.06. The molecule has 1 rings (SSSR count). The summed E-state index contributed by atoms with van der Waals surface area (Å²) in [6.07, 6.45) is 3.35. The molecule has 20 heavy (non-hydrogen) atoms. The number of rotatable bonds is 10. The number of Topliss-reactive ketones (excluding diaryl/α,β-unsaturated/α-hetero) is 1. The standard InChI is InChI=1S/C15H23NO3S/c1-3-5-6-9-16-12(11-14(17)19-4-2)15(18)13-8-7-10-20-13/h7-8,10,12,16H,3-6,9,11H2,1-2H3. The van der Waals surface area contributed by atoms with Crippen molar-refractivity contribution in [2.75, 3.05) is 13.2 Å². The van der Waals surface area contributed by atoms with Crippen molar-refractivity contribution in [3.05, 3.63) is 22.4 Å². The van der Waals surface area contributed by atoms with Crippen molar-refractivity contribution in [1.82, 2.24) is 5.32 Å². The molecule has 112 valence electrons. The summed E-state index contributed by atoms with van der Waals surface area (Å²) in [6, 6.07) is 3.15. The Hall–Kier alpha value is -1.20. The first kappa shape index (κ1) is 16.9. The van der Waals surface area contributed by atoms with Gasteiger partial charge in [0.15, 0.2) is 5.78 Å². The van der Waals surface area contributed by atoms with Gasteiger partial charge in [0.25, 0.3) is 0 Å². The molecule has 1 aromatic heterocycles. The molecule has 0 aliphatic heterocycles. The summed E-state index contributed by atoms with van der Waals surface area (Å²) in [6.45, 7) is 4.99. The summed E-state index contributed by atoms with van der Waals surface area (Å²) in [5.74, 6) is -0.352. The van der Waals surface area contributed by atoms with Crippen LogP contribution in [0.3, 0.4) is 0 Å². The molecule has 0 bridgehead atoms. The third-order valence-electron chi connectivity index (χ3n) is 2.93. The minimum absolute atomic E-state index is 0.0236. The number of thiophene rings is 1. The lowest BCUT2D eigenvalue weighted by Crippen LogP contribution is -2.39. The van der Waals surface area contributed by atoms with E-state index in [1.807, 2.05) is 11.4 Å². The number of nitrogens with one attached hydrogen (secondary N) is 1. The fraction of sp³-hybridized carbons (Fsp3) is 0.600. The monoisotopic (exact) mass is 297 g/mol. The second kappa shape index (κ2) is 9.66. The van der Waals surface area contributed by atoms with Crippen molar-refractivity contribution in [3.63, 3.8) is 0 Å². The van der Waals surface area contributed by atoms with Crippen molar-refractivity contribution >= 4 is 23.1 Å². The second-order valence-electron chi connectivity index (χ2n) is 4.56. The molecule has 0 spiro atoms. The molecule has 1 unspecified atom stereocenters. The van der Waals surface area contributed by atoms with Gasteiger partial charge in [-0.15, -0.1) is 11.3 Å². The van der Waals surface area contributed by atoms with E-state index >= 15 is 0 Å². The zero-order chi connectivity index (χ0) is 14.8. The molecule has 0 saturated carbocycles. The van der Waals surface area contributed by atoms with Crippen LogP contribution in [0.2, 0.25) is 0 Å². The maximum absolute atomic E-state index is 12.3. The Morgan fingerprint density at radius 1 is 1.35 bits per heavy atom. The van der Waals surface area contributed by atoms with Gasteiger partial charge in [0.05, 0.1) is 23.9 Å². The minimum Gasteiger partial charge on any atom is -0.466 e. The van der Waals surface area contributed by atoms with Gasteiger partial charge < -0.3 is 10.1 Å². The Morgan fingerprint density at radius 2 is 2.15 bits per heavy atom. The van der Waals surface area contributed by atoms with Crippen LogP contribution in [0.4, 0.5) is 0 Å². The number of ether oxygens (including phenoxy) is 1. The molecule has 0 aliphatic carbocycles. The average molecular weight is 297 g/mol. The molecule has 1 aromatic rings. The Morgan fingerprint density at radius 3 is 2.75 bits per heavy atom. The molecular formula is C15H23NO3S. The summed E-state index contributed by atoms with van der Waals surface area (Å²) in [5.41, 5.74) is 0. The van der Waals surface area contributed by atoms with Crippen molar-refractivity contribution < 1.29 is 14.3 Å². The van der Waals surface area contributed by atoms with Crippen LogP contribution >= 0.6 is 11.3 Å². The summed E-state index contributed by atoms with van der Waals surface area (Å²) in [7, 11) is 0. The Kier molecular flexibility index (Phi) is 8.14. The highest BCUT2D eigenvalue weighted by atomic mass is 32.1. The van der Waals surface area contributed by atoms with Gasteiger partial charge >= 0.3 is 5.97 Å². The van der Waals surface area contributed by atoms with Crippen LogP contribution in [0.25, 0.3) is 0 Å². The maximum atomic E-state index is 12.3. The molecule has 4 nitrogen and oxygen atoms in total. The first-order valence-corrected chi connectivity index (χ1v) is 8.03. The van der Waals surface area contributed by atoms with Gasteiger partial charge in [-0.25, -0.2) is 0 Å². The smallest absolute Gasteiger partial charge is 0.307 e. The van der Waals surface area contributed by atoms with Crippen LogP contribution in [-0.4, -0.2) is 30.9 Å². The van der Waals surface area contributed by atoms with Gasteiger partial charge in [0, 0.05) is 0 Å². The Balaban J connectivity index is 2.58. The van der Waals surface area contributed by atoms with Gasteiger partial charge in [-0.3, -0.25) is 9.59 Å². The average Bonchev–Trinajstić information content (AvgIpc) is 2.96. The molecule has 0 fully saturated rings. The largest absolute Gasteiger partial charge is 0.466 e. The third kappa shape index (κ3) is 5.84. The van der Waals surface area contributed by atoms with E-state index in [4.69, 9.17) is 4.74 Å². The normalized spacial score (nSPS) is 12.1. The SMILES string of the molecule is CCCCCNC(CC(=O)OCC)C(=O)c1cccs1. The molecule has 0 radical (unpaired) electrons. The summed E-state index contributed by atoms with van der Waals surface area (Å²) in [4.78, 5) is 24.6. The van der Waals surface area contributed by atoms with Crippen LogP contribution in [0.15, 0.2) is 17.5 Å². The molecule has 1 N–H and O–H groups in total. The van der Waals surface area contributed by atoms with E-state index < -0.39 is 6.04 Å². The molecule has 1 atom stereocenters. The first-order chi connectivity index (χ1) is 9.69. The predicted molar refractivity (Wildman–Crippen MR) is 81.2 cm³/mol. The fourth-order valence-electron chi connectivity index (χ4n) is 1.89. The lowest BCUT2D eigenvalue weighted by Gasteiger charge is -2.16. The highest BCUT2D eigenvalue weighted by Crippen LogP contribution is 2.13. The highest BCUT2D eigenvalue weighted by Gasteiger charge is 2.23. The maximum Gasteiger partial charge on any atom is 0.307 e. The fourth-order valence-corrected chi connectivity index (χ4v) is 2.61.